The van der Waals surface area contributed by atoms with Crippen molar-refractivity contribution in [2.45, 2.75) is 24.0 Å². The average molecular weight is 427 g/mol. The van der Waals surface area contributed by atoms with E-state index in [2.05, 4.69) is 5.32 Å². The molecule has 0 saturated carbocycles. The SMILES string of the molecule is Cc1ccc(S(=O)(=O)N2CCCC(C(=O)Nc3ccc(F)c([N+](=O)[O-])c3)C2)s1. The van der Waals surface area contributed by atoms with E-state index in [-0.39, 0.29) is 16.4 Å². The van der Waals surface area contributed by atoms with Gasteiger partial charge in [-0.25, -0.2) is 8.42 Å². The van der Waals surface area contributed by atoms with Gasteiger partial charge in [-0.15, -0.1) is 11.3 Å². The summed E-state index contributed by atoms with van der Waals surface area (Å²) in [5, 5.41) is 13.4. The number of rotatable bonds is 5. The van der Waals surface area contributed by atoms with Gasteiger partial charge in [0.25, 0.3) is 10.0 Å². The van der Waals surface area contributed by atoms with E-state index in [1.54, 1.807) is 12.1 Å². The third kappa shape index (κ3) is 4.21. The number of nitrogens with zero attached hydrogens (tertiary/aromatic N) is 2. The summed E-state index contributed by atoms with van der Waals surface area (Å²) < 4.78 is 40.5. The molecule has 1 aliphatic heterocycles. The molecule has 2 aromatic rings. The Morgan fingerprint density at radius 2 is 2.11 bits per heavy atom. The zero-order valence-electron chi connectivity index (χ0n) is 14.9. The molecule has 1 fully saturated rings. The molecule has 1 aliphatic rings. The summed E-state index contributed by atoms with van der Waals surface area (Å²) in [5.41, 5.74) is -0.648. The molecule has 1 aromatic heterocycles. The fraction of sp³-hybridized carbons (Fsp3) is 0.353. The van der Waals surface area contributed by atoms with Crippen LogP contribution in [0.15, 0.2) is 34.5 Å². The Hall–Kier alpha value is -2.37. The normalized spacial score (nSPS) is 18.0. The molecule has 8 nitrogen and oxygen atoms in total. The maximum atomic E-state index is 13.4. The molecule has 1 N–H and O–H groups in total. The van der Waals surface area contributed by atoms with E-state index in [0.717, 1.165) is 17.0 Å². The van der Waals surface area contributed by atoms with Crippen LogP contribution in [0.1, 0.15) is 17.7 Å². The first kappa shape index (κ1) is 20.4. The van der Waals surface area contributed by atoms with Gasteiger partial charge in [-0.3, -0.25) is 14.9 Å². The predicted octanol–water partition coefficient (Wildman–Crippen LogP) is 3.14. The molecule has 150 valence electrons. The number of hydrogen-bond donors (Lipinski definition) is 1. The minimum Gasteiger partial charge on any atom is -0.326 e. The van der Waals surface area contributed by atoms with Gasteiger partial charge in [0.2, 0.25) is 11.7 Å². The summed E-state index contributed by atoms with van der Waals surface area (Å²) in [6, 6.07) is 6.36. The van der Waals surface area contributed by atoms with E-state index in [1.807, 2.05) is 6.92 Å². The van der Waals surface area contributed by atoms with E-state index in [9.17, 15) is 27.7 Å². The van der Waals surface area contributed by atoms with Gasteiger partial charge in [0.15, 0.2) is 0 Å². The van der Waals surface area contributed by atoms with Crippen molar-refractivity contribution >= 4 is 38.6 Å². The number of carbonyl (C=O) groups excluding carboxylic acids is 1. The van der Waals surface area contributed by atoms with Crippen molar-refractivity contribution in [2.24, 2.45) is 5.92 Å². The monoisotopic (exact) mass is 427 g/mol. The number of nitro benzene ring substituents is 1. The van der Waals surface area contributed by atoms with Crippen LogP contribution < -0.4 is 5.32 Å². The summed E-state index contributed by atoms with van der Waals surface area (Å²) in [6.45, 7) is 2.16. The van der Waals surface area contributed by atoms with E-state index in [4.69, 9.17) is 0 Å². The van der Waals surface area contributed by atoms with Crippen LogP contribution in [0, 0.1) is 28.8 Å². The van der Waals surface area contributed by atoms with Gasteiger partial charge in [-0.1, -0.05) is 0 Å². The maximum absolute atomic E-state index is 13.4. The number of halogens is 1. The molecule has 0 spiro atoms. The van der Waals surface area contributed by atoms with Gasteiger partial charge in [0.1, 0.15) is 4.21 Å². The molecule has 1 unspecified atom stereocenters. The number of nitro groups is 1. The maximum Gasteiger partial charge on any atom is 0.306 e. The molecule has 0 bridgehead atoms. The number of benzene rings is 1. The second kappa shape index (κ2) is 7.94. The smallest absolute Gasteiger partial charge is 0.306 e. The van der Waals surface area contributed by atoms with E-state index in [0.29, 0.717) is 19.4 Å². The van der Waals surface area contributed by atoms with Gasteiger partial charge in [0, 0.05) is 29.7 Å². The Labute approximate surface area is 165 Å². The fourth-order valence-corrected chi connectivity index (χ4v) is 5.99. The highest BCUT2D eigenvalue weighted by molar-refractivity contribution is 7.91. The second-order valence-corrected chi connectivity index (χ2v) is 9.93. The number of amides is 1. The average Bonchev–Trinajstić information content (AvgIpc) is 3.10. The van der Waals surface area contributed by atoms with Gasteiger partial charge in [-0.05, 0) is 44.0 Å². The first-order valence-corrected chi connectivity index (χ1v) is 10.8. The Bertz CT molecular complexity index is 1020. The number of anilines is 1. The lowest BCUT2D eigenvalue weighted by Gasteiger charge is -2.30. The zero-order chi connectivity index (χ0) is 20.5. The summed E-state index contributed by atoms with van der Waals surface area (Å²) >= 11 is 1.18. The van der Waals surface area contributed by atoms with Crippen molar-refractivity contribution in [1.82, 2.24) is 4.31 Å². The van der Waals surface area contributed by atoms with Crippen LogP contribution >= 0.6 is 11.3 Å². The quantitative estimate of drug-likeness (QED) is 0.582. The Morgan fingerprint density at radius 1 is 1.36 bits per heavy atom. The predicted molar refractivity (Wildman–Crippen MR) is 102 cm³/mol. The lowest BCUT2D eigenvalue weighted by molar-refractivity contribution is -0.387. The number of thiophene rings is 1. The highest BCUT2D eigenvalue weighted by Crippen LogP contribution is 2.29. The lowest BCUT2D eigenvalue weighted by Crippen LogP contribution is -2.43. The number of carbonyl (C=O) groups is 1. The highest BCUT2D eigenvalue weighted by Gasteiger charge is 2.34. The first-order valence-electron chi connectivity index (χ1n) is 8.50. The van der Waals surface area contributed by atoms with Crippen molar-refractivity contribution < 1.29 is 22.5 Å². The van der Waals surface area contributed by atoms with Gasteiger partial charge >= 0.3 is 5.69 Å². The topological polar surface area (TPSA) is 110 Å². The van der Waals surface area contributed by atoms with Gasteiger partial charge in [0.05, 0.1) is 10.8 Å². The van der Waals surface area contributed by atoms with Crippen LogP contribution in [-0.2, 0) is 14.8 Å². The number of sulfonamides is 1. The van der Waals surface area contributed by atoms with E-state index in [1.165, 1.54) is 21.7 Å². The summed E-state index contributed by atoms with van der Waals surface area (Å²) in [6.07, 6.45) is 1.01. The standard InChI is InChI=1S/C17H18FN3O5S2/c1-11-4-7-16(27-11)28(25,26)20-8-2-3-12(10-20)17(22)19-13-5-6-14(18)15(9-13)21(23)24/h4-7,9,12H,2-3,8,10H2,1H3,(H,19,22). The Kier molecular flexibility index (Phi) is 5.77. The summed E-state index contributed by atoms with van der Waals surface area (Å²) in [4.78, 5) is 23.4. The number of aryl methyl sites for hydroxylation is 1. The molecule has 2 heterocycles. The lowest BCUT2D eigenvalue weighted by atomic mass is 9.98. The third-order valence-corrected chi connectivity index (χ3v) is 7.81. The van der Waals surface area contributed by atoms with Crippen molar-refractivity contribution in [2.75, 3.05) is 18.4 Å². The first-order chi connectivity index (χ1) is 13.2. The molecular formula is C17H18FN3O5S2. The van der Waals surface area contributed by atoms with Crippen LogP contribution in [0.4, 0.5) is 15.8 Å². The molecule has 0 aliphatic carbocycles. The molecule has 1 saturated heterocycles. The highest BCUT2D eigenvalue weighted by atomic mass is 32.2. The molecule has 1 atom stereocenters. The fourth-order valence-electron chi connectivity index (χ4n) is 3.03. The number of hydrogen-bond acceptors (Lipinski definition) is 6. The molecule has 1 aromatic carbocycles. The van der Waals surface area contributed by atoms with Crippen LogP contribution in [0.3, 0.4) is 0 Å². The zero-order valence-corrected chi connectivity index (χ0v) is 16.6. The van der Waals surface area contributed by atoms with Crippen LogP contribution in [0.25, 0.3) is 0 Å². The number of piperidine rings is 1. The molecule has 3 rings (SSSR count). The van der Waals surface area contributed by atoms with Crippen molar-refractivity contribution in [3.05, 3.63) is 51.1 Å². The molecule has 1 amide bonds. The summed E-state index contributed by atoms with van der Waals surface area (Å²) in [5.74, 6) is -2.05. The third-order valence-electron chi connectivity index (χ3n) is 4.48. The molecular weight excluding hydrogens is 409 g/mol. The Morgan fingerprint density at radius 3 is 2.75 bits per heavy atom. The largest absolute Gasteiger partial charge is 0.326 e. The minimum absolute atomic E-state index is 0.0222. The van der Waals surface area contributed by atoms with Crippen molar-refractivity contribution in [3.8, 4) is 0 Å². The van der Waals surface area contributed by atoms with E-state index < -0.39 is 38.3 Å². The molecule has 0 radical (unpaired) electrons. The van der Waals surface area contributed by atoms with Crippen molar-refractivity contribution in [3.63, 3.8) is 0 Å². The van der Waals surface area contributed by atoms with Gasteiger partial charge < -0.3 is 5.32 Å². The van der Waals surface area contributed by atoms with Gasteiger partial charge in [-0.2, -0.15) is 8.70 Å². The number of nitrogens with one attached hydrogen (secondary N) is 1. The molecule has 11 heteroatoms. The minimum atomic E-state index is -3.67. The van der Waals surface area contributed by atoms with Crippen LogP contribution in [0.2, 0.25) is 0 Å². The summed E-state index contributed by atoms with van der Waals surface area (Å²) in [7, 11) is -3.67. The van der Waals surface area contributed by atoms with E-state index >= 15 is 0 Å². The van der Waals surface area contributed by atoms with Crippen molar-refractivity contribution in [1.29, 1.82) is 0 Å². The molecule has 28 heavy (non-hydrogen) atoms. The Balaban J connectivity index is 1.73. The van der Waals surface area contributed by atoms with Crippen LogP contribution in [0.5, 0.6) is 0 Å². The van der Waals surface area contributed by atoms with Crippen LogP contribution in [-0.4, -0.2) is 36.6 Å². The second-order valence-electron chi connectivity index (χ2n) is 6.48.